The number of hydrogen-bond donors (Lipinski definition) is 5. The number of aliphatic hydroxyl groups excluding tert-OH is 4. The average molecular weight is 869 g/mol. The molecule has 0 bridgehead atoms. The summed E-state index contributed by atoms with van der Waals surface area (Å²) in [5, 5.41) is 39.1. The van der Waals surface area contributed by atoms with E-state index < -0.39 is 70.6 Å². The van der Waals surface area contributed by atoms with Gasteiger partial charge in [0.2, 0.25) is 0 Å². The van der Waals surface area contributed by atoms with Gasteiger partial charge in [0.1, 0.15) is 18.5 Å². The molecule has 13 nitrogen and oxygen atoms in total. The molecule has 1 rings (SSSR count). The largest absolute Gasteiger partial charge is 0.472 e. The van der Waals surface area contributed by atoms with Gasteiger partial charge in [-0.15, -0.1) is 0 Å². The lowest BCUT2D eigenvalue weighted by Crippen LogP contribution is -2.29. The highest BCUT2D eigenvalue weighted by atomic mass is 31.2. The first-order valence-corrected chi connectivity index (χ1v) is 23.8. The molecule has 14 heteroatoms. The molecule has 344 valence electrons. The van der Waals surface area contributed by atoms with Crippen LogP contribution in [0.2, 0.25) is 0 Å². The van der Waals surface area contributed by atoms with Gasteiger partial charge in [0, 0.05) is 31.1 Å². The zero-order chi connectivity index (χ0) is 44.3. The fourth-order valence-electron chi connectivity index (χ4n) is 6.53. The van der Waals surface area contributed by atoms with Gasteiger partial charge in [-0.2, -0.15) is 0 Å². The zero-order valence-corrected chi connectivity index (χ0v) is 37.3. The Hall–Kier alpha value is -2.74. The van der Waals surface area contributed by atoms with Crippen LogP contribution >= 0.6 is 7.82 Å². The van der Waals surface area contributed by atoms with Gasteiger partial charge < -0.3 is 34.8 Å². The summed E-state index contributed by atoms with van der Waals surface area (Å²) in [6.45, 7) is 1.90. The second-order valence-electron chi connectivity index (χ2n) is 15.5. The summed E-state index contributed by atoms with van der Waals surface area (Å²) >= 11 is 0. The molecule has 0 aliphatic heterocycles. The minimum Gasteiger partial charge on any atom is -0.462 e. The van der Waals surface area contributed by atoms with Crippen LogP contribution in [0.25, 0.3) is 0 Å². The molecule has 1 saturated carbocycles. The van der Waals surface area contributed by atoms with Gasteiger partial charge >= 0.3 is 19.8 Å². The average Bonchev–Trinajstić information content (AvgIpc) is 3.49. The van der Waals surface area contributed by atoms with Crippen molar-refractivity contribution in [3.8, 4) is 0 Å². The second-order valence-corrected chi connectivity index (χ2v) is 16.9. The monoisotopic (exact) mass is 869 g/mol. The van der Waals surface area contributed by atoms with Gasteiger partial charge in [0.05, 0.1) is 32.0 Å². The number of hydrogen-bond acceptors (Lipinski definition) is 12. The highest BCUT2D eigenvalue weighted by Crippen LogP contribution is 2.43. The third-order valence-corrected chi connectivity index (χ3v) is 11.0. The first-order valence-electron chi connectivity index (χ1n) is 22.3. The van der Waals surface area contributed by atoms with Crippen molar-refractivity contribution < 1.29 is 62.8 Å². The SMILES string of the molecule is CCCCC/C=C\C/C=C\C/C=C\C/C=C\CCCC(=O)O[C@H](COC(=O)CCCCCC[C@H]1C(=O)C[C@@H](O)[C@@H]1/C=C/[C@@H](O)CCCCC)COP(=O)(O)OC[C@@H](O)CO. The van der Waals surface area contributed by atoms with Crippen molar-refractivity contribution in [2.24, 2.45) is 11.8 Å². The van der Waals surface area contributed by atoms with Crippen molar-refractivity contribution in [1.29, 1.82) is 0 Å². The molecule has 0 aromatic carbocycles. The van der Waals surface area contributed by atoms with Crippen LogP contribution in [-0.2, 0) is 37.5 Å². The van der Waals surface area contributed by atoms with Crippen LogP contribution in [0.5, 0.6) is 0 Å². The van der Waals surface area contributed by atoms with Crippen molar-refractivity contribution in [3.63, 3.8) is 0 Å². The molecule has 5 N–H and O–H groups in total. The number of carbonyl (C=O) groups excluding carboxylic acids is 3. The number of ether oxygens (including phenoxy) is 2. The summed E-state index contributed by atoms with van der Waals surface area (Å²) < 4.78 is 32.6. The lowest BCUT2D eigenvalue weighted by atomic mass is 9.88. The highest BCUT2D eigenvalue weighted by Gasteiger charge is 2.39. The Labute approximate surface area is 359 Å². The van der Waals surface area contributed by atoms with E-state index in [0.29, 0.717) is 38.5 Å². The number of phosphoric ester groups is 1. The molecule has 0 aromatic rings. The maximum Gasteiger partial charge on any atom is 0.472 e. The molecule has 0 saturated heterocycles. The molecule has 7 atom stereocenters. The van der Waals surface area contributed by atoms with Crippen LogP contribution in [0.15, 0.2) is 60.8 Å². The molecular formula is C46H77O13P. The topological polar surface area (TPSA) is 206 Å². The van der Waals surface area contributed by atoms with Crippen molar-refractivity contribution in [3.05, 3.63) is 60.8 Å². The van der Waals surface area contributed by atoms with Crippen LogP contribution in [0.1, 0.15) is 149 Å². The van der Waals surface area contributed by atoms with E-state index in [1.807, 2.05) is 12.2 Å². The van der Waals surface area contributed by atoms with Gasteiger partial charge in [-0.3, -0.25) is 23.4 Å². The maximum absolute atomic E-state index is 12.6. The molecule has 0 spiro atoms. The Morgan fingerprint density at radius 1 is 0.750 bits per heavy atom. The molecule has 1 unspecified atom stereocenters. The van der Waals surface area contributed by atoms with Gasteiger partial charge in [-0.25, -0.2) is 4.57 Å². The number of esters is 2. The quantitative estimate of drug-likeness (QED) is 0.0172. The Bertz CT molecular complexity index is 1340. The standard InChI is InChI=1S/C46H77O13P/c1-3-5-7-8-9-10-11-12-13-14-15-16-17-18-19-20-26-30-46(53)59-40(37-58-60(54,55)57-35-39(49)34-47)36-56-45(52)29-25-22-21-24-28-41-42(44(51)33-43(41)50)32-31-38(48)27-23-6-4-2/h9-10,12-13,15-16,18-19,31-32,38-42,44,47-49,51H,3-8,11,14,17,20-30,33-37H2,1-2H3,(H,54,55)/b10-9-,13-12-,16-15-,19-18-,32-31+/t38-,39-,40+,41+,42+,44+/m0/s1. The van der Waals surface area contributed by atoms with Crippen LogP contribution < -0.4 is 0 Å². The number of rotatable bonds is 37. The van der Waals surface area contributed by atoms with E-state index in [2.05, 4.69) is 54.8 Å². The summed E-state index contributed by atoms with van der Waals surface area (Å²) in [5.74, 6) is -1.75. The Morgan fingerprint density at radius 2 is 1.33 bits per heavy atom. The predicted octanol–water partition coefficient (Wildman–Crippen LogP) is 8.48. The molecule has 1 aliphatic carbocycles. The molecular weight excluding hydrogens is 791 g/mol. The zero-order valence-electron chi connectivity index (χ0n) is 36.4. The third-order valence-electron chi connectivity index (χ3n) is 10.0. The summed E-state index contributed by atoms with van der Waals surface area (Å²) in [6.07, 6.45) is 32.4. The minimum atomic E-state index is -4.70. The van der Waals surface area contributed by atoms with Crippen LogP contribution in [0.4, 0.5) is 0 Å². The predicted molar refractivity (Wildman–Crippen MR) is 234 cm³/mol. The van der Waals surface area contributed by atoms with E-state index in [1.54, 1.807) is 12.2 Å². The summed E-state index contributed by atoms with van der Waals surface area (Å²) in [6, 6.07) is 0. The summed E-state index contributed by atoms with van der Waals surface area (Å²) in [7, 11) is -4.70. The lowest BCUT2D eigenvalue weighted by molar-refractivity contribution is -0.161. The second kappa shape index (κ2) is 35.8. The van der Waals surface area contributed by atoms with Gasteiger partial charge in [0.25, 0.3) is 0 Å². The lowest BCUT2D eigenvalue weighted by Gasteiger charge is -2.20. The van der Waals surface area contributed by atoms with Gasteiger partial charge in [-0.1, -0.05) is 126 Å². The number of ketones is 1. The smallest absolute Gasteiger partial charge is 0.462 e. The van der Waals surface area contributed by atoms with Crippen molar-refractivity contribution in [2.45, 2.75) is 173 Å². The summed E-state index contributed by atoms with van der Waals surface area (Å²) in [4.78, 5) is 47.8. The molecule has 0 radical (unpaired) electrons. The van der Waals surface area contributed by atoms with E-state index in [-0.39, 0.29) is 36.9 Å². The number of unbranched alkanes of at least 4 members (excludes halogenated alkanes) is 9. The Morgan fingerprint density at radius 3 is 1.98 bits per heavy atom. The molecule has 60 heavy (non-hydrogen) atoms. The van der Waals surface area contributed by atoms with E-state index in [0.717, 1.165) is 57.8 Å². The number of allylic oxidation sites excluding steroid dienone is 8. The van der Waals surface area contributed by atoms with E-state index in [4.69, 9.17) is 19.1 Å². The van der Waals surface area contributed by atoms with Crippen molar-refractivity contribution in [2.75, 3.05) is 26.4 Å². The minimum absolute atomic E-state index is 0.0267. The number of aliphatic hydroxyl groups is 4. The van der Waals surface area contributed by atoms with Crippen LogP contribution in [0, 0.1) is 11.8 Å². The normalized spacial score (nSPS) is 19.9. The first-order chi connectivity index (χ1) is 28.9. The molecule has 1 aliphatic rings. The third kappa shape index (κ3) is 29.5. The fourth-order valence-corrected chi connectivity index (χ4v) is 7.32. The first kappa shape index (κ1) is 55.3. The molecule has 0 aromatic heterocycles. The summed E-state index contributed by atoms with van der Waals surface area (Å²) in [5.41, 5.74) is 0. The van der Waals surface area contributed by atoms with E-state index in [9.17, 15) is 39.2 Å². The molecule has 1 fully saturated rings. The maximum atomic E-state index is 12.6. The fraction of sp³-hybridized carbons (Fsp3) is 0.717. The van der Waals surface area contributed by atoms with Crippen LogP contribution in [0.3, 0.4) is 0 Å². The van der Waals surface area contributed by atoms with Gasteiger partial charge in [-0.05, 0) is 64.2 Å². The molecule has 0 amide bonds. The van der Waals surface area contributed by atoms with E-state index in [1.165, 1.54) is 19.3 Å². The van der Waals surface area contributed by atoms with Crippen molar-refractivity contribution in [1.82, 2.24) is 0 Å². The number of Topliss-reactive ketones (excluding diaryl/α,β-unsaturated/α-hetero) is 1. The number of phosphoric acid groups is 1. The Kier molecular flexibility index (Phi) is 33.0. The van der Waals surface area contributed by atoms with Crippen molar-refractivity contribution >= 4 is 25.5 Å². The molecule has 0 heterocycles. The van der Waals surface area contributed by atoms with Gasteiger partial charge in [0.15, 0.2) is 6.10 Å². The number of carbonyl (C=O) groups is 3. The Balaban J connectivity index is 2.48. The van der Waals surface area contributed by atoms with Crippen LogP contribution in [-0.4, -0.2) is 93.9 Å². The highest BCUT2D eigenvalue weighted by molar-refractivity contribution is 7.47. The van der Waals surface area contributed by atoms with E-state index >= 15 is 0 Å².